The van der Waals surface area contributed by atoms with Gasteiger partial charge in [0.15, 0.2) is 0 Å². The fraction of sp³-hybridized carbons (Fsp3) is 0.310. The van der Waals surface area contributed by atoms with Gasteiger partial charge in [0.2, 0.25) is 0 Å². The number of nitrogens with zero attached hydrogens (tertiary/aromatic N) is 2. The third-order valence-corrected chi connectivity index (χ3v) is 5.48. The Balaban J connectivity index is 1.88. The first-order valence-corrected chi connectivity index (χ1v) is 11.5. The molecule has 0 unspecified atom stereocenters. The molecule has 0 heterocycles. The number of benzene rings is 3. The van der Waals surface area contributed by atoms with Gasteiger partial charge < -0.3 is 19.3 Å². The molecule has 0 saturated carbocycles. The first kappa shape index (κ1) is 24.6. The van der Waals surface area contributed by atoms with E-state index in [0.717, 1.165) is 35.7 Å². The van der Waals surface area contributed by atoms with Crippen LogP contribution in [0, 0.1) is 0 Å². The van der Waals surface area contributed by atoms with Gasteiger partial charge in [0.05, 0.1) is 0 Å². The Hall–Kier alpha value is -3.08. The molecule has 3 aromatic rings. The van der Waals surface area contributed by atoms with E-state index in [9.17, 15) is 0 Å². The van der Waals surface area contributed by atoms with Gasteiger partial charge in [0.25, 0.3) is 0 Å². The molecular formula is C29H36N2O2. The second-order valence-corrected chi connectivity index (χ2v) is 8.72. The van der Waals surface area contributed by atoms with Crippen LogP contribution in [0.4, 0.5) is 0 Å². The highest BCUT2D eigenvalue weighted by Gasteiger charge is 2.12. The van der Waals surface area contributed by atoms with Crippen molar-refractivity contribution >= 4 is 11.1 Å². The van der Waals surface area contributed by atoms with Crippen molar-refractivity contribution in [3.05, 3.63) is 95.6 Å². The monoisotopic (exact) mass is 444 g/mol. The van der Waals surface area contributed by atoms with Gasteiger partial charge in [-0.3, -0.25) is 0 Å². The number of hydrogen-bond acceptors (Lipinski definition) is 4. The van der Waals surface area contributed by atoms with Gasteiger partial charge >= 0.3 is 0 Å². The molecule has 0 bridgehead atoms. The topological polar surface area (TPSA) is 24.9 Å². The van der Waals surface area contributed by atoms with Crippen molar-refractivity contribution < 1.29 is 9.47 Å². The Morgan fingerprint density at radius 3 is 1.39 bits per heavy atom. The Morgan fingerprint density at radius 1 is 0.576 bits per heavy atom. The molecule has 0 aromatic heterocycles. The van der Waals surface area contributed by atoms with Crippen molar-refractivity contribution in [2.75, 3.05) is 54.5 Å². The SMILES string of the molecule is CC(=C(c1ccc(OCCN(C)C)cc1)c1ccc(OCCN(C)C)cc1)c1ccccc1. The highest BCUT2D eigenvalue weighted by molar-refractivity contribution is 5.97. The Bertz CT molecular complexity index is 948. The lowest BCUT2D eigenvalue weighted by Gasteiger charge is -2.16. The third kappa shape index (κ3) is 7.48. The van der Waals surface area contributed by atoms with Crippen molar-refractivity contribution in [3.63, 3.8) is 0 Å². The largest absolute Gasteiger partial charge is 0.492 e. The average molecular weight is 445 g/mol. The molecule has 0 amide bonds. The number of rotatable bonds is 11. The second kappa shape index (κ2) is 12.2. The van der Waals surface area contributed by atoms with Gasteiger partial charge in [-0.1, -0.05) is 54.6 Å². The maximum atomic E-state index is 5.89. The van der Waals surface area contributed by atoms with E-state index in [4.69, 9.17) is 9.47 Å². The lowest BCUT2D eigenvalue weighted by atomic mass is 9.90. The van der Waals surface area contributed by atoms with Gasteiger partial charge in [0, 0.05) is 13.1 Å². The molecule has 4 nitrogen and oxygen atoms in total. The van der Waals surface area contributed by atoms with Crippen molar-refractivity contribution in [3.8, 4) is 11.5 Å². The number of ether oxygens (including phenoxy) is 2. The summed E-state index contributed by atoms with van der Waals surface area (Å²) < 4.78 is 11.8. The van der Waals surface area contributed by atoms with Gasteiger partial charge in [-0.25, -0.2) is 0 Å². The summed E-state index contributed by atoms with van der Waals surface area (Å²) in [6, 6.07) is 27.4. The molecule has 0 atom stereocenters. The van der Waals surface area contributed by atoms with Gasteiger partial charge in [-0.15, -0.1) is 0 Å². The molecule has 0 N–H and O–H groups in total. The highest BCUT2D eigenvalue weighted by Crippen LogP contribution is 2.33. The van der Waals surface area contributed by atoms with Gasteiger partial charge in [-0.05, 0) is 87.2 Å². The predicted molar refractivity (Wildman–Crippen MR) is 139 cm³/mol. The molecule has 0 saturated heterocycles. The van der Waals surface area contributed by atoms with Crippen molar-refractivity contribution in [2.45, 2.75) is 6.92 Å². The molecule has 3 aromatic carbocycles. The maximum absolute atomic E-state index is 5.89. The molecular weight excluding hydrogens is 408 g/mol. The summed E-state index contributed by atoms with van der Waals surface area (Å²) in [6.45, 7) is 5.32. The molecule has 33 heavy (non-hydrogen) atoms. The van der Waals surface area contributed by atoms with Crippen LogP contribution < -0.4 is 9.47 Å². The van der Waals surface area contributed by atoms with Crippen LogP contribution in [0.3, 0.4) is 0 Å². The van der Waals surface area contributed by atoms with Gasteiger partial charge in [0.1, 0.15) is 24.7 Å². The lowest BCUT2D eigenvalue weighted by Crippen LogP contribution is -2.19. The summed E-state index contributed by atoms with van der Waals surface area (Å²) in [5.41, 5.74) is 5.99. The molecule has 174 valence electrons. The molecule has 0 fully saturated rings. The quantitative estimate of drug-likeness (QED) is 0.362. The summed E-state index contributed by atoms with van der Waals surface area (Å²) in [4.78, 5) is 4.23. The molecule has 0 spiro atoms. The summed E-state index contributed by atoms with van der Waals surface area (Å²) in [5.74, 6) is 1.78. The standard InChI is InChI=1S/C29H36N2O2/c1-23(24-9-7-6-8-10-24)29(25-11-15-27(16-12-25)32-21-19-30(2)3)26-13-17-28(18-14-26)33-22-20-31(4)5/h6-18H,19-22H2,1-5H3. The molecule has 0 radical (unpaired) electrons. The normalized spacial score (nSPS) is 11.0. The van der Waals surface area contributed by atoms with E-state index in [1.807, 2.05) is 0 Å². The van der Waals surface area contributed by atoms with Crippen LogP contribution in [0.25, 0.3) is 11.1 Å². The summed E-state index contributed by atoms with van der Waals surface area (Å²) in [5, 5.41) is 0. The van der Waals surface area contributed by atoms with Crippen LogP contribution in [-0.4, -0.2) is 64.3 Å². The zero-order chi connectivity index (χ0) is 23.6. The van der Waals surface area contributed by atoms with Gasteiger partial charge in [-0.2, -0.15) is 0 Å². The molecule has 0 aliphatic carbocycles. The number of likely N-dealkylation sites (N-methyl/N-ethyl adjacent to an activating group) is 2. The first-order valence-electron chi connectivity index (χ1n) is 11.5. The highest BCUT2D eigenvalue weighted by atomic mass is 16.5. The molecule has 0 aliphatic heterocycles. The fourth-order valence-electron chi connectivity index (χ4n) is 3.56. The number of hydrogen-bond donors (Lipinski definition) is 0. The minimum absolute atomic E-state index is 0.674. The zero-order valence-electron chi connectivity index (χ0n) is 20.5. The molecule has 4 heteroatoms. The Morgan fingerprint density at radius 2 is 1.00 bits per heavy atom. The van der Waals surface area contributed by atoms with E-state index in [1.54, 1.807) is 0 Å². The predicted octanol–water partition coefficient (Wildman–Crippen LogP) is 5.55. The maximum Gasteiger partial charge on any atom is 0.119 e. The third-order valence-electron chi connectivity index (χ3n) is 5.48. The van der Waals surface area contributed by atoms with E-state index in [-0.39, 0.29) is 0 Å². The van der Waals surface area contributed by atoms with Crippen molar-refractivity contribution in [1.82, 2.24) is 9.80 Å². The van der Waals surface area contributed by atoms with E-state index < -0.39 is 0 Å². The first-order chi connectivity index (χ1) is 15.9. The smallest absolute Gasteiger partial charge is 0.119 e. The number of allylic oxidation sites excluding steroid dienone is 1. The summed E-state index contributed by atoms with van der Waals surface area (Å²) in [6.07, 6.45) is 0. The zero-order valence-corrected chi connectivity index (χ0v) is 20.5. The average Bonchev–Trinajstić information content (AvgIpc) is 2.81. The second-order valence-electron chi connectivity index (χ2n) is 8.72. The molecule has 0 aliphatic rings. The molecule has 3 rings (SSSR count). The summed E-state index contributed by atoms with van der Waals surface area (Å²) in [7, 11) is 8.20. The minimum Gasteiger partial charge on any atom is -0.492 e. The minimum atomic E-state index is 0.674. The van der Waals surface area contributed by atoms with Crippen LogP contribution in [0.1, 0.15) is 23.6 Å². The van der Waals surface area contributed by atoms with Crippen LogP contribution >= 0.6 is 0 Å². The Labute approximate surface area is 199 Å². The Kier molecular flexibility index (Phi) is 9.11. The van der Waals surface area contributed by atoms with Crippen LogP contribution in [0.2, 0.25) is 0 Å². The van der Waals surface area contributed by atoms with E-state index in [2.05, 4.69) is 124 Å². The van der Waals surface area contributed by atoms with Crippen molar-refractivity contribution in [2.24, 2.45) is 0 Å². The van der Waals surface area contributed by atoms with Crippen LogP contribution in [0.5, 0.6) is 11.5 Å². The van der Waals surface area contributed by atoms with Crippen molar-refractivity contribution in [1.29, 1.82) is 0 Å². The van der Waals surface area contributed by atoms with Crippen LogP contribution in [-0.2, 0) is 0 Å². The van der Waals surface area contributed by atoms with E-state index in [1.165, 1.54) is 16.7 Å². The fourth-order valence-corrected chi connectivity index (χ4v) is 3.56. The lowest BCUT2D eigenvalue weighted by molar-refractivity contribution is 0.261. The van der Waals surface area contributed by atoms with E-state index >= 15 is 0 Å². The summed E-state index contributed by atoms with van der Waals surface area (Å²) >= 11 is 0. The van der Waals surface area contributed by atoms with Crippen LogP contribution in [0.15, 0.2) is 78.9 Å². The van der Waals surface area contributed by atoms with E-state index in [0.29, 0.717) is 13.2 Å².